The summed E-state index contributed by atoms with van der Waals surface area (Å²) in [6, 6.07) is 11.5. The molecule has 3 rings (SSSR count). The summed E-state index contributed by atoms with van der Waals surface area (Å²) >= 11 is 1.36. The third-order valence-electron chi connectivity index (χ3n) is 3.33. The molecule has 0 atom stereocenters. The molecule has 3 aromatic rings. The van der Waals surface area contributed by atoms with Crippen LogP contribution in [-0.2, 0) is 6.54 Å². The minimum atomic E-state index is -0.293. The van der Waals surface area contributed by atoms with Crippen LogP contribution in [0, 0.1) is 5.82 Å². The summed E-state index contributed by atoms with van der Waals surface area (Å²) in [5.41, 5.74) is 1.60. The van der Waals surface area contributed by atoms with Gasteiger partial charge in [-0.3, -0.25) is 4.79 Å². The third kappa shape index (κ3) is 3.75. The summed E-state index contributed by atoms with van der Waals surface area (Å²) in [6.07, 6.45) is 1.67. The number of thiophene rings is 1. The summed E-state index contributed by atoms with van der Waals surface area (Å²) in [6.45, 7) is 0.351. The van der Waals surface area contributed by atoms with Crippen molar-refractivity contribution in [2.45, 2.75) is 6.54 Å². The van der Waals surface area contributed by atoms with E-state index in [9.17, 15) is 9.18 Å². The Hall–Kier alpha value is -2.80. The number of amides is 1. The monoisotopic (exact) mass is 342 g/mol. The largest absolute Gasteiger partial charge is 0.357 e. The Kier molecular flexibility index (Phi) is 4.81. The fourth-order valence-corrected chi connectivity index (χ4v) is 2.98. The van der Waals surface area contributed by atoms with Crippen LogP contribution in [0.3, 0.4) is 0 Å². The molecular weight excluding hydrogens is 327 g/mol. The van der Waals surface area contributed by atoms with E-state index in [0.29, 0.717) is 17.4 Å². The quantitative estimate of drug-likeness (QED) is 0.746. The molecule has 2 aromatic heterocycles. The van der Waals surface area contributed by atoms with Crippen molar-refractivity contribution in [1.29, 1.82) is 0 Å². The zero-order valence-electron chi connectivity index (χ0n) is 12.9. The third-order valence-corrected chi connectivity index (χ3v) is 4.43. The number of anilines is 1. The Bertz CT molecular complexity index is 848. The molecule has 2 heterocycles. The highest BCUT2D eigenvalue weighted by Gasteiger charge is 2.11. The lowest BCUT2D eigenvalue weighted by molar-refractivity contribution is 0.0955. The Balaban J connectivity index is 1.68. The van der Waals surface area contributed by atoms with E-state index in [2.05, 4.69) is 20.6 Å². The summed E-state index contributed by atoms with van der Waals surface area (Å²) in [4.78, 5) is 22.1. The maximum Gasteiger partial charge on any atom is 0.261 e. The average Bonchev–Trinajstić information content (AvgIpc) is 3.11. The number of nitrogens with zero attached hydrogens (tertiary/aromatic N) is 2. The van der Waals surface area contributed by atoms with E-state index in [4.69, 9.17) is 0 Å². The van der Waals surface area contributed by atoms with E-state index >= 15 is 0 Å². The van der Waals surface area contributed by atoms with E-state index in [1.807, 2.05) is 6.07 Å². The highest BCUT2D eigenvalue weighted by Crippen LogP contribution is 2.27. The van der Waals surface area contributed by atoms with Crippen molar-refractivity contribution in [2.24, 2.45) is 0 Å². The van der Waals surface area contributed by atoms with Crippen LogP contribution in [0.5, 0.6) is 0 Å². The number of nitrogens with one attached hydrogen (secondary N) is 2. The number of carbonyl (C=O) groups is 1. The molecule has 2 N–H and O–H groups in total. The number of carbonyl (C=O) groups excluding carboxylic acids is 1. The highest BCUT2D eigenvalue weighted by molar-refractivity contribution is 7.17. The molecule has 0 radical (unpaired) electrons. The molecule has 0 unspecified atom stereocenters. The van der Waals surface area contributed by atoms with Crippen LogP contribution < -0.4 is 10.6 Å². The first-order valence-electron chi connectivity index (χ1n) is 7.29. The molecule has 24 heavy (non-hydrogen) atoms. The zero-order valence-corrected chi connectivity index (χ0v) is 13.7. The number of halogens is 1. The van der Waals surface area contributed by atoms with Crippen molar-refractivity contribution >= 4 is 23.2 Å². The number of benzene rings is 1. The SMILES string of the molecule is CNc1nccc(-c2ccc(C(=O)NCc3ccc(F)cc3)s2)n1. The van der Waals surface area contributed by atoms with Crippen molar-refractivity contribution in [3.05, 3.63) is 64.9 Å². The molecule has 1 aromatic carbocycles. The first-order valence-corrected chi connectivity index (χ1v) is 8.11. The first-order chi connectivity index (χ1) is 11.7. The second kappa shape index (κ2) is 7.18. The van der Waals surface area contributed by atoms with Crippen LogP contribution in [0.2, 0.25) is 0 Å². The van der Waals surface area contributed by atoms with Gasteiger partial charge in [0.15, 0.2) is 0 Å². The molecule has 0 aliphatic carbocycles. The van der Waals surface area contributed by atoms with Gasteiger partial charge >= 0.3 is 0 Å². The Morgan fingerprint density at radius 2 is 1.96 bits per heavy atom. The van der Waals surface area contributed by atoms with Gasteiger partial charge in [0, 0.05) is 19.8 Å². The van der Waals surface area contributed by atoms with E-state index in [-0.39, 0.29) is 11.7 Å². The maximum atomic E-state index is 12.9. The van der Waals surface area contributed by atoms with Gasteiger partial charge in [0.25, 0.3) is 5.91 Å². The lowest BCUT2D eigenvalue weighted by Gasteiger charge is -2.03. The van der Waals surface area contributed by atoms with Crippen LogP contribution in [-0.4, -0.2) is 22.9 Å². The minimum absolute atomic E-state index is 0.168. The van der Waals surface area contributed by atoms with Gasteiger partial charge in [0.1, 0.15) is 5.82 Å². The van der Waals surface area contributed by atoms with Crippen LogP contribution in [0.15, 0.2) is 48.7 Å². The van der Waals surface area contributed by atoms with Gasteiger partial charge in [-0.1, -0.05) is 12.1 Å². The standard InChI is InChI=1S/C17H15FN4OS/c1-19-17-20-9-8-13(22-17)14-6-7-15(24-14)16(23)21-10-11-2-4-12(18)5-3-11/h2-9H,10H2,1H3,(H,21,23)(H,19,20,22). The number of aromatic nitrogens is 2. The Morgan fingerprint density at radius 1 is 1.17 bits per heavy atom. The molecule has 0 fully saturated rings. The van der Waals surface area contributed by atoms with Crippen molar-refractivity contribution in [2.75, 3.05) is 12.4 Å². The highest BCUT2D eigenvalue weighted by atomic mass is 32.1. The van der Waals surface area contributed by atoms with Gasteiger partial charge in [-0.05, 0) is 35.9 Å². The fraction of sp³-hybridized carbons (Fsp3) is 0.118. The van der Waals surface area contributed by atoms with E-state index in [1.165, 1.54) is 23.5 Å². The lowest BCUT2D eigenvalue weighted by atomic mass is 10.2. The van der Waals surface area contributed by atoms with Crippen molar-refractivity contribution in [3.8, 4) is 10.6 Å². The molecule has 0 saturated carbocycles. The minimum Gasteiger partial charge on any atom is -0.357 e. The van der Waals surface area contributed by atoms with Crippen molar-refractivity contribution in [3.63, 3.8) is 0 Å². The zero-order chi connectivity index (χ0) is 16.9. The first kappa shape index (κ1) is 16.1. The van der Waals surface area contributed by atoms with Gasteiger partial charge in [-0.25, -0.2) is 14.4 Å². The molecule has 1 amide bonds. The number of hydrogen-bond acceptors (Lipinski definition) is 5. The second-order valence-corrected chi connectivity index (χ2v) is 6.07. The molecule has 0 saturated heterocycles. The van der Waals surface area contributed by atoms with E-state index in [1.54, 1.807) is 37.5 Å². The van der Waals surface area contributed by atoms with Crippen LogP contribution in [0.4, 0.5) is 10.3 Å². The maximum absolute atomic E-state index is 12.9. The lowest BCUT2D eigenvalue weighted by Crippen LogP contribution is -2.21. The van der Waals surface area contributed by atoms with Crippen LogP contribution in [0.25, 0.3) is 10.6 Å². The Morgan fingerprint density at radius 3 is 2.71 bits per heavy atom. The number of hydrogen-bond donors (Lipinski definition) is 2. The molecule has 0 bridgehead atoms. The predicted octanol–water partition coefficient (Wildman–Crippen LogP) is 3.32. The van der Waals surface area contributed by atoms with Gasteiger partial charge < -0.3 is 10.6 Å². The van der Waals surface area contributed by atoms with Gasteiger partial charge in [-0.2, -0.15) is 0 Å². The molecule has 0 aliphatic heterocycles. The summed E-state index contributed by atoms with van der Waals surface area (Å²) < 4.78 is 12.9. The molecule has 7 heteroatoms. The van der Waals surface area contributed by atoms with Gasteiger partial charge in [0.05, 0.1) is 15.4 Å². The van der Waals surface area contributed by atoms with Gasteiger partial charge in [-0.15, -0.1) is 11.3 Å². The van der Waals surface area contributed by atoms with Crippen molar-refractivity contribution < 1.29 is 9.18 Å². The van der Waals surface area contributed by atoms with E-state index < -0.39 is 0 Å². The van der Waals surface area contributed by atoms with Crippen LogP contribution >= 0.6 is 11.3 Å². The molecular formula is C17H15FN4OS. The van der Waals surface area contributed by atoms with Crippen LogP contribution in [0.1, 0.15) is 15.2 Å². The average molecular weight is 342 g/mol. The normalized spacial score (nSPS) is 10.4. The molecule has 5 nitrogen and oxygen atoms in total. The fourth-order valence-electron chi connectivity index (χ4n) is 2.09. The molecule has 0 aliphatic rings. The smallest absolute Gasteiger partial charge is 0.261 e. The summed E-state index contributed by atoms with van der Waals surface area (Å²) in [7, 11) is 1.75. The summed E-state index contributed by atoms with van der Waals surface area (Å²) in [5, 5.41) is 5.71. The second-order valence-electron chi connectivity index (χ2n) is 4.99. The summed E-state index contributed by atoms with van der Waals surface area (Å²) in [5.74, 6) is 0.0699. The molecule has 0 spiro atoms. The van der Waals surface area contributed by atoms with Gasteiger partial charge in [0.2, 0.25) is 5.95 Å². The van der Waals surface area contributed by atoms with Crippen molar-refractivity contribution in [1.82, 2.24) is 15.3 Å². The van der Waals surface area contributed by atoms with E-state index in [0.717, 1.165) is 16.1 Å². The predicted molar refractivity (Wildman–Crippen MR) is 92.5 cm³/mol. The number of rotatable bonds is 5. The molecule has 122 valence electrons. The topological polar surface area (TPSA) is 66.9 Å². The Labute approximate surface area is 142 Å².